The molecule has 0 radical (unpaired) electrons. The number of anilines is 1. The van der Waals surface area contributed by atoms with Crippen LogP contribution in [-0.2, 0) is 0 Å². The predicted octanol–water partition coefficient (Wildman–Crippen LogP) is 2.86. The summed E-state index contributed by atoms with van der Waals surface area (Å²) in [5.41, 5.74) is 5.92. The van der Waals surface area contributed by atoms with Crippen LogP contribution in [0.2, 0.25) is 10.0 Å². The van der Waals surface area contributed by atoms with Gasteiger partial charge in [-0.3, -0.25) is 0 Å². The third-order valence-electron chi connectivity index (χ3n) is 1.11. The van der Waals surface area contributed by atoms with E-state index < -0.39 is 0 Å². The van der Waals surface area contributed by atoms with Gasteiger partial charge in [-0.15, -0.1) is 12.6 Å². The first-order valence-electron chi connectivity index (χ1n) is 2.55. The molecule has 0 heterocycles. The van der Waals surface area contributed by atoms with Crippen LogP contribution in [0.25, 0.3) is 0 Å². The molecule has 0 aromatic heterocycles. The molecule has 0 aliphatic rings. The summed E-state index contributed by atoms with van der Waals surface area (Å²) in [6.45, 7) is 0. The molecule has 0 bridgehead atoms. The Hall–Kier alpha value is -0.0500. The molecule has 1 rings (SSSR count). The van der Waals surface area contributed by atoms with E-state index in [1.807, 2.05) is 0 Å². The van der Waals surface area contributed by atoms with Gasteiger partial charge < -0.3 is 5.73 Å². The Kier molecular flexibility index (Phi) is 2.34. The van der Waals surface area contributed by atoms with Gasteiger partial charge >= 0.3 is 0 Å². The van der Waals surface area contributed by atoms with Crippen molar-refractivity contribution in [1.82, 2.24) is 0 Å². The van der Waals surface area contributed by atoms with E-state index in [-0.39, 0.29) is 0 Å². The summed E-state index contributed by atoms with van der Waals surface area (Å²) < 4.78 is 0. The van der Waals surface area contributed by atoms with Gasteiger partial charge in [-0.05, 0) is 12.1 Å². The maximum atomic E-state index is 5.67. The summed E-state index contributed by atoms with van der Waals surface area (Å²) in [4.78, 5) is 0.536. The number of thiol groups is 1. The Balaban J connectivity index is 3.34. The lowest BCUT2D eigenvalue weighted by Crippen LogP contribution is -1.88. The number of halogens is 2. The third-order valence-corrected chi connectivity index (χ3v) is 2.37. The second kappa shape index (κ2) is 2.91. The summed E-state index contributed by atoms with van der Waals surface area (Å²) in [6.07, 6.45) is 0. The summed E-state index contributed by atoms with van der Waals surface area (Å²) in [5.74, 6) is 0. The second-order valence-corrected chi connectivity index (χ2v) is 3.05. The molecule has 1 nitrogen and oxygen atoms in total. The highest BCUT2D eigenvalue weighted by Crippen LogP contribution is 2.31. The minimum Gasteiger partial charge on any atom is -0.397 e. The van der Waals surface area contributed by atoms with Crippen LogP contribution in [0.4, 0.5) is 5.69 Å². The van der Waals surface area contributed by atoms with Gasteiger partial charge in [0.15, 0.2) is 0 Å². The number of benzene rings is 1. The molecule has 0 amide bonds. The molecule has 0 saturated heterocycles. The van der Waals surface area contributed by atoms with Gasteiger partial charge in [0.25, 0.3) is 0 Å². The normalized spacial score (nSPS) is 9.90. The highest BCUT2D eigenvalue weighted by Gasteiger charge is 2.02. The maximum Gasteiger partial charge on any atom is 0.0654 e. The van der Waals surface area contributed by atoms with E-state index in [1.54, 1.807) is 12.1 Å². The second-order valence-electron chi connectivity index (χ2n) is 1.79. The minimum atomic E-state index is 0.428. The van der Waals surface area contributed by atoms with E-state index in [0.29, 0.717) is 20.6 Å². The molecular weight excluding hydrogens is 189 g/mol. The highest BCUT2D eigenvalue weighted by atomic mass is 35.5. The molecule has 4 heteroatoms. The van der Waals surface area contributed by atoms with Crippen LogP contribution in [0.3, 0.4) is 0 Å². The summed E-state index contributed by atoms with van der Waals surface area (Å²) in [6, 6.07) is 3.29. The molecule has 1 aromatic rings. The van der Waals surface area contributed by atoms with Gasteiger partial charge in [-0.25, -0.2) is 0 Å². The Morgan fingerprint density at radius 3 is 2.20 bits per heavy atom. The van der Waals surface area contributed by atoms with Crippen LogP contribution in [0.5, 0.6) is 0 Å². The van der Waals surface area contributed by atoms with E-state index in [1.165, 1.54) is 0 Å². The van der Waals surface area contributed by atoms with Gasteiger partial charge in [0.1, 0.15) is 0 Å². The largest absolute Gasteiger partial charge is 0.397 e. The van der Waals surface area contributed by atoms with Gasteiger partial charge in [0, 0.05) is 4.90 Å². The van der Waals surface area contributed by atoms with Gasteiger partial charge in [0.2, 0.25) is 0 Å². The lowest BCUT2D eigenvalue weighted by Gasteiger charge is -2.01. The van der Waals surface area contributed by atoms with Crippen molar-refractivity contribution in [3.63, 3.8) is 0 Å². The van der Waals surface area contributed by atoms with Gasteiger partial charge in [-0.1, -0.05) is 23.2 Å². The average Bonchev–Trinajstić information content (AvgIpc) is 1.93. The summed E-state index contributed by atoms with van der Waals surface area (Å²) in [7, 11) is 0. The van der Waals surface area contributed by atoms with Crippen molar-refractivity contribution < 1.29 is 0 Å². The average molecular weight is 194 g/mol. The monoisotopic (exact) mass is 193 g/mol. The Morgan fingerprint density at radius 2 is 1.70 bits per heavy atom. The molecule has 0 unspecified atom stereocenters. The first-order valence-corrected chi connectivity index (χ1v) is 3.75. The highest BCUT2D eigenvalue weighted by molar-refractivity contribution is 7.80. The topological polar surface area (TPSA) is 26.0 Å². The van der Waals surface area contributed by atoms with Crippen molar-refractivity contribution in [2.45, 2.75) is 4.90 Å². The fourth-order valence-corrected chi connectivity index (χ4v) is 1.14. The fourth-order valence-electron chi connectivity index (χ4n) is 0.557. The zero-order chi connectivity index (χ0) is 7.72. The third kappa shape index (κ3) is 1.34. The molecule has 0 saturated carbocycles. The van der Waals surface area contributed by atoms with E-state index in [9.17, 15) is 0 Å². The molecule has 0 spiro atoms. The standard InChI is InChI=1S/C6H5Cl2NS/c7-3-1-2-4(8)6(10)5(3)9/h1-2,10H,9H2. The van der Waals surface area contributed by atoms with Crippen molar-refractivity contribution in [2.24, 2.45) is 0 Å². The lowest BCUT2D eigenvalue weighted by molar-refractivity contribution is 1.47. The fraction of sp³-hybridized carbons (Fsp3) is 0. The van der Waals surface area contributed by atoms with Crippen molar-refractivity contribution in [3.05, 3.63) is 22.2 Å². The zero-order valence-electron chi connectivity index (χ0n) is 4.94. The maximum absolute atomic E-state index is 5.67. The molecule has 54 valence electrons. The SMILES string of the molecule is Nc1c(Cl)ccc(Cl)c1S. The van der Waals surface area contributed by atoms with Gasteiger partial charge in [-0.2, -0.15) is 0 Å². The summed E-state index contributed by atoms with van der Waals surface area (Å²) >= 11 is 15.4. The smallest absolute Gasteiger partial charge is 0.0654 e. The van der Waals surface area contributed by atoms with Crippen LogP contribution in [-0.4, -0.2) is 0 Å². The number of hydrogen-bond acceptors (Lipinski definition) is 2. The molecule has 10 heavy (non-hydrogen) atoms. The van der Waals surface area contributed by atoms with E-state index in [2.05, 4.69) is 12.6 Å². The Bertz CT molecular complexity index is 235. The number of rotatable bonds is 0. The molecule has 2 N–H and O–H groups in total. The first kappa shape index (κ1) is 8.05. The van der Waals surface area contributed by atoms with Crippen molar-refractivity contribution in [1.29, 1.82) is 0 Å². The summed E-state index contributed by atoms with van der Waals surface area (Å²) in [5, 5.41) is 1.000. The van der Waals surface area contributed by atoms with E-state index in [0.717, 1.165) is 0 Å². The predicted molar refractivity (Wildman–Crippen MR) is 48.1 cm³/mol. The van der Waals surface area contributed by atoms with Crippen LogP contribution in [0.1, 0.15) is 0 Å². The number of hydrogen-bond donors (Lipinski definition) is 2. The number of nitrogens with two attached hydrogens (primary N) is 1. The van der Waals surface area contributed by atoms with E-state index in [4.69, 9.17) is 28.9 Å². The molecule has 1 aromatic carbocycles. The quantitative estimate of drug-likeness (QED) is 0.482. The van der Waals surface area contributed by atoms with Gasteiger partial charge in [0.05, 0.1) is 15.7 Å². The Morgan fingerprint density at radius 1 is 1.20 bits per heavy atom. The molecule has 0 fully saturated rings. The lowest BCUT2D eigenvalue weighted by atomic mass is 10.3. The molecule has 0 aliphatic carbocycles. The Labute approximate surface area is 74.5 Å². The zero-order valence-corrected chi connectivity index (χ0v) is 7.34. The number of nitrogen functional groups attached to an aromatic ring is 1. The van der Waals surface area contributed by atoms with Crippen LogP contribution >= 0.6 is 35.8 Å². The van der Waals surface area contributed by atoms with Crippen molar-refractivity contribution >= 4 is 41.5 Å². The van der Waals surface area contributed by atoms with Crippen molar-refractivity contribution in [3.8, 4) is 0 Å². The minimum absolute atomic E-state index is 0.428. The first-order chi connectivity index (χ1) is 4.63. The van der Waals surface area contributed by atoms with Crippen LogP contribution in [0, 0.1) is 0 Å². The molecular formula is C6H5Cl2NS. The van der Waals surface area contributed by atoms with E-state index >= 15 is 0 Å². The van der Waals surface area contributed by atoms with Crippen LogP contribution < -0.4 is 5.73 Å². The molecule has 0 aliphatic heterocycles. The van der Waals surface area contributed by atoms with Crippen molar-refractivity contribution in [2.75, 3.05) is 5.73 Å². The molecule has 0 atom stereocenters. The van der Waals surface area contributed by atoms with Crippen LogP contribution in [0.15, 0.2) is 17.0 Å².